The largest absolute Gasteiger partial charge is 0.465 e. The lowest BCUT2D eigenvalue weighted by Gasteiger charge is -2.09. The van der Waals surface area contributed by atoms with Gasteiger partial charge >= 0.3 is 5.97 Å². The Hall–Kier alpha value is -2.50. The smallest absolute Gasteiger partial charge is 0.337 e. The zero-order valence-electron chi connectivity index (χ0n) is 12.9. The van der Waals surface area contributed by atoms with Gasteiger partial charge in [-0.25, -0.2) is 9.48 Å². The molecule has 22 heavy (non-hydrogen) atoms. The Morgan fingerprint density at radius 1 is 1.32 bits per heavy atom. The predicted molar refractivity (Wildman–Crippen MR) is 80.8 cm³/mol. The Labute approximate surface area is 129 Å². The molecule has 0 aliphatic carbocycles. The van der Waals surface area contributed by atoms with Gasteiger partial charge in [-0.2, -0.15) is 0 Å². The average molecular weight is 301 g/mol. The highest BCUT2D eigenvalue weighted by Gasteiger charge is 2.14. The van der Waals surface area contributed by atoms with Gasteiger partial charge in [0.2, 0.25) is 0 Å². The van der Waals surface area contributed by atoms with E-state index in [1.165, 1.54) is 7.11 Å². The van der Waals surface area contributed by atoms with Crippen molar-refractivity contribution in [3.8, 4) is 0 Å². The number of hydrogen-bond donors (Lipinski definition) is 0. The van der Waals surface area contributed by atoms with Gasteiger partial charge in [0.15, 0.2) is 6.29 Å². The van der Waals surface area contributed by atoms with Crippen LogP contribution in [0.2, 0.25) is 0 Å². The van der Waals surface area contributed by atoms with Gasteiger partial charge < -0.3 is 4.74 Å². The van der Waals surface area contributed by atoms with Crippen LogP contribution in [-0.4, -0.2) is 34.4 Å². The van der Waals surface area contributed by atoms with E-state index in [-0.39, 0.29) is 5.97 Å². The molecule has 1 aromatic heterocycles. The van der Waals surface area contributed by atoms with E-state index in [0.717, 1.165) is 24.0 Å². The first-order chi connectivity index (χ1) is 10.5. The highest BCUT2D eigenvalue weighted by atomic mass is 16.5. The summed E-state index contributed by atoms with van der Waals surface area (Å²) in [6.45, 7) is 4.67. The third kappa shape index (κ3) is 3.58. The maximum atomic E-state index is 11.4. The molecule has 0 saturated carbocycles. The van der Waals surface area contributed by atoms with Crippen LogP contribution in [-0.2, 0) is 17.7 Å². The highest BCUT2D eigenvalue weighted by molar-refractivity contribution is 5.89. The van der Waals surface area contributed by atoms with E-state index in [1.54, 1.807) is 16.8 Å². The minimum absolute atomic E-state index is 0.365. The molecular weight excluding hydrogens is 282 g/mol. The topological polar surface area (TPSA) is 74.1 Å². The molecule has 116 valence electrons. The number of aromatic nitrogens is 3. The summed E-state index contributed by atoms with van der Waals surface area (Å²) in [6.07, 6.45) is 1.48. The fraction of sp³-hybridized carbons (Fsp3) is 0.375. The monoisotopic (exact) mass is 301 g/mol. The van der Waals surface area contributed by atoms with Crippen LogP contribution in [0.15, 0.2) is 24.3 Å². The lowest BCUT2D eigenvalue weighted by Crippen LogP contribution is -2.10. The molecule has 0 spiro atoms. The molecule has 0 amide bonds. The molecule has 2 aromatic rings. The summed E-state index contributed by atoms with van der Waals surface area (Å²) >= 11 is 0. The molecule has 1 heterocycles. The predicted octanol–water partition coefficient (Wildman–Crippen LogP) is 2.12. The van der Waals surface area contributed by atoms with Crippen LogP contribution < -0.4 is 0 Å². The summed E-state index contributed by atoms with van der Waals surface area (Å²) in [4.78, 5) is 22.5. The number of rotatable bonds is 6. The molecule has 0 radical (unpaired) electrons. The van der Waals surface area contributed by atoms with Crippen molar-refractivity contribution in [2.45, 2.75) is 26.8 Å². The number of aldehydes is 1. The zero-order chi connectivity index (χ0) is 16.1. The lowest BCUT2D eigenvalue weighted by atomic mass is 10.1. The van der Waals surface area contributed by atoms with Crippen LogP contribution >= 0.6 is 0 Å². The van der Waals surface area contributed by atoms with Gasteiger partial charge in [0.05, 0.1) is 24.9 Å². The van der Waals surface area contributed by atoms with Gasteiger partial charge in [0.1, 0.15) is 5.69 Å². The SMILES string of the molecule is COC(=O)c1ccc(Cn2nnc(C=O)c2CC(C)C)cc1. The van der Waals surface area contributed by atoms with Gasteiger partial charge in [0, 0.05) is 0 Å². The van der Waals surface area contributed by atoms with E-state index in [4.69, 9.17) is 0 Å². The average Bonchev–Trinajstić information content (AvgIpc) is 2.88. The summed E-state index contributed by atoms with van der Waals surface area (Å²) in [5, 5.41) is 7.97. The fourth-order valence-corrected chi connectivity index (χ4v) is 2.20. The minimum Gasteiger partial charge on any atom is -0.465 e. The second-order valence-electron chi connectivity index (χ2n) is 5.48. The number of ether oxygens (including phenoxy) is 1. The molecule has 6 heteroatoms. The summed E-state index contributed by atoms with van der Waals surface area (Å²) in [7, 11) is 1.35. The van der Waals surface area contributed by atoms with Gasteiger partial charge in [-0.05, 0) is 30.0 Å². The number of carbonyl (C=O) groups is 2. The van der Waals surface area contributed by atoms with E-state index in [2.05, 4.69) is 28.9 Å². The van der Waals surface area contributed by atoms with Crippen molar-refractivity contribution in [2.24, 2.45) is 5.92 Å². The van der Waals surface area contributed by atoms with Crippen molar-refractivity contribution in [2.75, 3.05) is 7.11 Å². The van der Waals surface area contributed by atoms with Crippen molar-refractivity contribution in [3.63, 3.8) is 0 Å². The number of carbonyl (C=O) groups excluding carboxylic acids is 2. The molecule has 0 unspecified atom stereocenters. The van der Waals surface area contributed by atoms with E-state index < -0.39 is 0 Å². The Balaban J connectivity index is 2.21. The number of esters is 1. The Morgan fingerprint density at radius 2 is 2.00 bits per heavy atom. The number of benzene rings is 1. The zero-order valence-corrected chi connectivity index (χ0v) is 12.9. The summed E-state index contributed by atoms with van der Waals surface area (Å²) in [5.41, 5.74) is 2.70. The maximum Gasteiger partial charge on any atom is 0.337 e. The van der Waals surface area contributed by atoms with E-state index in [1.807, 2.05) is 12.1 Å². The molecule has 0 fully saturated rings. The van der Waals surface area contributed by atoms with Crippen molar-refractivity contribution < 1.29 is 14.3 Å². The standard InChI is InChI=1S/C16H19N3O3/c1-11(2)8-15-14(10-20)17-18-19(15)9-12-4-6-13(7-5-12)16(21)22-3/h4-7,10-11H,8-9H2,1-3H3. The Bertz CT molecular complexity index is 660. The highest BCUT2D eigenvalue weighted by Crippen LogP contribution is 2.13. The first kappa shape index (κ1) is 15.9. The quantitative estimate of drug-likeness (QED) is 0.603. The molecule has 0 bridgehead atoms. The van der Waals surface area contributed by atoms with E-state index >= 15 is 0 Å². The molecule has 6 nitrogen and oxygen atoms in total. The second kappa shape index (κ2) is 6.98. The van der Waals surface area contributed by atoms with Gasteiger partial charge in [-0.15, -0.1) is 5.10 Å². The van der Waals surface area contributed by atoms with Crippen LogP contribution in [0.1, 0.15) is 46.0 Å². The first-order valence-corrected chi connectivity index (χ1v) is 7.10. The van der Waals surface area contributed by atoms with Crippen LogP contribution in [0.3, 0.4) is 0 Å². The molecule has 1 aromatic carbocycles. The Kier molecular flexibility index (Phi) is 5.04. The molecule has 0 saturated heterocycles. The van der Waals surface area contributed by atoms with E-state index in [0.29, 0.717) is 23.7 Å². The summed E-state index contributed by atoms with van der Waals surface area (Å²) in [6, 6.07) is 7.10. The Morgan fingerprint density at radius 3 is 2.55 bits per heavy atom. The molecule has 0 aliphatic rings. The summed E-state index contributed by atoms with van der Waals surface area (Å²) in [5.74, 6) is 0.0358. The second-order valence-corrected chi connectivity index (χ2v) is 5.48. The number of nitrogens with zero attached hydrogens (tertiary/aromatic N) is 3. The van der Waals surface area contributed by atoms with Crippen LogP contribution in [0.5, 0.6) is 0 Å². The minimum atomic E-state index is -0.365. The number of hydrogen-bond acceptors (Lipinski definition) is 5. The maximum absolute atomic E-state index is 11.4. The third-order valence-corrected chi connectivity index (χ3v) is 3.29. The number of methoxy groups -OCH3 is 1. The van der Waals surface area contributed by atoms with Gasteiger partial charge in [-0.3, -0.25) is 4.79 Å². The van der Waals surface area contributed by atoms with Crippen LogP contribution in [0.4, 0.5) is 0 Å². The van der Waals surface area contributed by atoms with Gasteiger partial charge in [-0.1, -0.05) is 31.2 Å². The van der Waals surface area contributed by atoms with Gasteiger partial charge in [0.25, 0.3) is 0 Å². The molecule has 0 N–H and O–H groups in total. The third-order valence-electron chi connectivity index (χ3n) is 3.29. The summed E-state index contributed by atoms with van der Waals surface area (Å²) < 4.78 is 6.40. The molecule has 2 rings (SSSR count). The lowest BCUT2D eigenvalue weighted by molar-refractivity contribution is 0.0600. The first-order valence-electron chi connectivity index (χ1n) is 7.10. The van der Waals surface area contributed by atoms with Crippen LogP contribution in [0, 0.1) is 5.92 Å². The molecular formula is C16H19N3O3. The van der Waals surface area contributed by atoms with E-state index in [9.17, 15) is 9.59 Å². The van der Waals surface area contributed by atoms with Crippen molar-refractivity contribution in [1.29, 1.82) is 0 Å². The normalized spacial score (nSPS) is 10.7. The molecule has 0 atom stereocenters. The fourth-order valence-electron chi connectivity index (χ4n) is 2.20. The van der Waals surface area contributed by atoms with Crippen molar-refractivity contribution in [1.82, 2.24) is 15.0 Å². The molecule has 0 aliphatic heterocycles. The van der Waals surface area contributed by atoms with Crippen molar-refractivity contribution >= 4 is 12.3 Å². The van der Waals surface area contributed by atoms with Crippen LogP contribution in [0.25, 0.3) is 0 Å². The van der Waals surface area contributed by atoms with Crippen molar-refractivity contribution in [3.05, 3.63) is 46.8 Å².